The van der Waals surface area contributed by atoms with Gasteiger partial charge in [0.15, 0.2) is 0 Å². The Morgan fingerprint density at radius 2 is 2.44 bits per heavy atom. The highest BCUT2D eigenvalue weighted by Crippen LogP contribution is 2.15. The zero-order chi connectivity index (χ0) is 11.5. The maximum absolute atomic E-state index is 12.9. The van der Waals surface area contributed by atoms with E-state index in [4.69, 9.17) is 5.53 Å². The lowest BCUT2D eigenvalue weighted by atomic mass is 10.2. The monoisotopic (exact) mass is 219 g/mol. The van der Waals surface area contributed by atoms with Crippen LogP contribution in [0.1, 0.15) is 6.92 Å². The van der Waals surface area contributed by atoms with Gasteiger partial charge < -0.3 is 0 Å². The van der Waals surface area contributed by atoms with Crippen LogP contribution in [-0.2, 0) is 6.54 Å². The van der Waals surface area contributed by atoms with Crippen LogP contribution < -0.4 is 0 Å². The largest absolute Gasteiger partial charge is 0.264 e. The van der Waals surface area contributed by atoms with Gasteiger partial charge in [-0.1, -0.05) is 12.0 Å². The smallest absolute Gasteiger partial charge is 0.124 e. The third-order valence-electron chi connectivity index (χ3n) is 2.29. The molecule has 1 heterocycles. The minimum absolute atomic E-state index is 0.182. The molecule has 0 aliphatic carbocycles. The molecule has 0 fully saturated rings. The fraction of sp³-hybridized carbons (Fsp3) is 0.300. The summed E-state index contributed by atoms with van der Waals surface area (Å²) >= 11 is 0. The zero-order valence-corrected chi connectivity index (χ0v) is 8.71. The first-order chi connectivity index (χ1) is 7.70. The molecular formula is C10H10FN5. The van der Waals surface area contributed by atoms with Crippen LogP contribution in [0.4, 0.5) is 4.39 Å². The second-order valence-electron chi connectivity index (χ2n) is 3.58. The number of hydrogen-bond acceptors (Lipinski definition) is 2. The molecule has 0 aliphatic rings. The Labute approximate surface area is 91.1 Å². The average molecular weight is 219 g/mol. The topological polar surface area (TPSA) is 66.6 Å². The zero-order valence-electron chi connectivity index (χ0n) is 8.71. The predicted molar refractivity (Wildman–Crippen MR) is 58.3 cm³/mol. The number of halogens is 1. The molecule has 1 aromatic heterocycles. The average Bonchev–Trinajstić information content (AvgIpc) is 2.61. The Kier molecular flexibility index (Phi) is 2.74. The summed E-state index contributed by atoms with van der Waals surface area (Å²) in [6.45, 7) is 2.29. The van der Waals surface area contributed by atoms with Gasteiger partial charge in [0.05, 0.1) is 17.8 Å². The van der Waals surface area contributed by atoms with E-state index in [-0.39, 0.29) is 11.9 Å². The molecule has 6 heteroatoms. The molecule has 0 N–H and O–H groups in total. The SMILES string of the molecule is C[C@H](Cn1ncc2cc(F)ccc21)N=[N+]=[N-]. The van der Waals surface area contributed by atoms with Crippen LogP contribution in [0.15, 0.2) is 29.5 Å². The molecule has 2 aromatic rings. The van der Waals surface area contributed by atoms with Crippen LogP contribution >= 0.6 is 0 Å². The summed E-state index contributed by atoms with van der Waals surface area (Å²) in [5.41, 5.74) is 9.13. The molecule has 0 saturated carbocycles. The normalized spacial score (nSPS) is 12.4. The van der Waals surface area contributed by atoms with Gasteiger partial charge in [0.1, 0.15) is 5.82 Å². The summed E-state index contributed by atoms with van der Waals surface area (Å²) in [6.07, 6.45) is 1.60. The van der Waals surface area contributed by atoms with Crippen molar-refractivity contribution in [2.75, 3.05) is 0 Å². The highest BCUT2D eigenvalue weighted by Gasteiger charge is 2.06. The fourth-order valence-corrected chi connectivity index (χ4v) is 1.58. The van der Waals surface area contributed by atoms with Crippen LogP contribution in [0.3, 0.4) is 0 Å². The highest BCUT2D eigenvalue weighted by molar-refractivity contribution is 5.78. The van der Waals surface area contributed by atoms with Crippen molar-refractivity contribution in [3.63, 3.8) is 0 Å². The molecule has 0 amide bonds. The van der Waals surface area contributed by atoms with Crippen LogP contribution in [0.25, 0.3) is 21.3 Å². The van der Waals surface area contributed by atoms with Crippen molar-refractivity contribution in [3.8, 4) is 0 Å². The van der Waals surface area contributed by atoms with Crippen molar-refractivity contribution >= 4 is 10.9 Å². The van der Waals surface area contributed by atoms with Crippen molar-refractivity contribution in [2.24, 2.45) is 5.11 Å². The number of nitrogens with zero attached hydrogens (tertiary/aromatic N) is 5. The summed E-state index contributed by atoms with van der Waals surface area (Å²) in [6, 6.07) is 4.30. The molecule has 0 radical (unpaired) electrons. The van der Waals surface area contributed by atoms with Gasteiger partial charge in [0.2, 0.25) is 0 Å². The van der Waals surface area contributed by atoms with E-state index < -0.39 is 0 Å². The molecule has 0 unspecified atom stereocenters. The lowest BCUT2D eigenvalue weighted by molar-refractivity contribution is 0.551. The molecule has 1 atom stereocenters. The lowest BCUT2D eigenvalue weighted by Crippen LogP contribution is -2.10. The van der Waals surface area contributed by atoms with Gasteiger partial charge >= 0.3 is 0 Å². The van der Waals surface area contributed by atoms with Crippen molar-refractivity contribution in [2.45, 2.75) is 19.5 Å². The fourth-order valence-electron chi connectivity index (χ4n) is 1.58. The lowest BCUT2D eigenvalue weighted by Gasteiger charge is -2.05. The van der Waals surface area contributed by atoms with E-state index in [0.29, 0.717) is 6.54 Å². The maximum atomic E-state index is 12.9. The number of fused-ring (bicyclic) bond motifs is 1. The van der Waals surface area contributed by atoms with E-state index in [1.165, 1.54) is 12.1 Å². The number of hydrogen-bond donors (Lipinski definition) is 0. The van der Waals surface area contributed by atoms with Gasteiger partial charge in [-0.25, -0.2) is 4.39 Å². The second kappa shape index (κ2) is 4.20. The van der Waals surface area contributed by atoms with Gasteiger partial charge in [-0.3, -0.25) is 4.68 Å². The van der Waals surface area contributed by atoms with Crippen LogP contribution in [0, 0.1) is 5.82 Å². The van der Waals surface area contributed by atoms with E-state index in [2.05, 4.69) is 15.1 Å². The number of benzene rings is 1. The molecule has 0 spiro atoms. The second-order valence-corrected chi connectivity index (χ2v) is 3.58. The van der Waals surface area contributed by atoms with Crippen molar-refractivity contribution < 1.29 is 4.39 Å². The van der Waals surface area contributed by atoms with Gasteiger partial charge in [-0.15, -0.1) is 0 Å². The Bertz CT molecular complexity index is 555. The van der Waals surface area contributed by atoms with Gasteiger partial charge in [-0.05, 0) is 23.7 Å². The minimum atomic E-state index is -0.282. The highest BCUT2D eigenvalue weighted by atomic mass is 19.1. The minimum Gasteiger partial charge on any atom is -0.264 e. The molecule has 1 aromatic carbocycles. The Hall–Kier alpha value is -2.07. The molecule has 2 rings (SSSR count). The first kappa shape index (κ1) is 10.4. The molecule has 0 bridgehead atoms. The molecule has 16 heavy (non-hydrogen) atoms. The molecular weight excluding hydrogens is 209 g/mol. The van der Waals surface area contributed by atoms with E-state index >= 15 is 0 Å². The quantitative estimate of drug-likeness (QED) is 0.444. The Morgan fingerprint density at radius 1 is 1.62 bits per heavy atom. The van der Waals surface area contributed by atoms with Crippen LogP contribution in [-0.4, -0.2) is 15.8 Å². The summed E-state index contributed by atoms with van der Waals surface area (Å²) < 4.78 is 14.6. The molecule has 0 aliphatic heterocycles. The third kappa shape index (κ3) is 1.97. The van der Waals surface area contributed by atoms with E-state index in [1.807, 2.05) is 0 Å². The first-order valence-electron chi connectivity index (χ1n) is 4.86. The molecule has 82 valence electrons. The van der Waals surface area contributed by atoms with Gasteiger partial charge in [-0.2, -0.15) is 5.10 Å². The Morgan fingerprint density at radius 3 is 3.19 bits per heavy atom. The summed E-state index contributed by atoms with van der Waals surface area (Å²) in [5.74, 6) is -0.282. The van der Waals surface area contributed by atoms with E-state index in [1.54, 1.807) is 23.9 Å². The Balaban J connectivity index is 2.35. The van der Waals surface area contributed by atoms with Crippen molar-refractivity contribution in [1.29, 1.82) is 0 Å². The van der Waals surface area contributed by atoms with Gasteiger partial charge in [0, 0.05) is 16.8 Å². The van der Waals surface area contributed by atoms with E-state index in [9.17, 15) is 4.39 Å². The van der Waals surface area contributed by atoms with Gasteiger partial charge in [0.25, 0.3) is 0 Å². The predicted octanol–water partition coefficient (Wildman–Crippen LogP) is 2.87. The summed E-state index contributed by atoms with van der Waals surface area (Å²) in [4.78, 5) is 2.73. The number of aromatic nitrogens is 2. The molecule has 0 saturated heterocycles. The van der Waals surface area contributed by atoms with Crippen LogP contribution in [0.2, 0.25) is 0 Å². The summed E-state index contributed by atoms with van der Waals surface area (Å²) in [5, 5.41) is 8.44. The van der Waals surface area contributed by atoms with E-state index in [0.717, 1.165) is 10.9 Å². The maximum Gasteiger partial charge on any atom is 0.124 e. The number of azide groups is 1. The molecule has 5 nitrogen and oxygen atoms in total. The van der Waals surface area contributed by atoms with Crippen molar-refractivity contribution in [1.82, 2.24) is 9.78 Å². The van der Waals surface area contributed by atoms with Crippen molar-refractivity contribution in [3.05, 3.63) is 40.7 Å². The number of rotatable bonds is 3. The summed E-state index contributed by atoms with van der Waals surface area (Å²) in [7, 11) is 0. The van der Waals surface area contributed by atoms with Crippen LogP contribution in [0.5, 0.6) is 0 Å². The first-order valence-corrected chi connectivity index (χ1v) is 4.86. The standard InChI is InChI=1S/C10H10FN5/c1-7(14-15-12)6-16-10-3-2-9(11)4-8(10)5-13-16/h2-5,7H,6H2,1H3/t7-/m1/s1. The third-order valence-corrected chi connectivity index (χ3v) is 2.29.